The molecule has 2 heterocycles. The van der Waals surface area contributed by atoms with Gasteiger partial charge in [-0.05, 0) is 18.9 Å². The van der Waals surface area contributed by atoms with Crippen LogP contribution < -0.4 is 27.3 Å². The Morgan fingerprint density at radius 2 is 2.30 bits per heavy atom. The molecule has 1 atom stereocenters. The predicted octanol–water partition coefficient (Wildman–Crippen LogP) is -1.78. The normalized spacial score (nSPS) is 21.9. The standard InChI is InChI=1S/C12H18N6O2/c19-11-4-3-9(8-1-2-8)16-18(11)6-5-13-12(20)10-7-14-17-15-10/h3-4,8,10,14-15,17H,1-2,5-7H2,(H,13,20). The van der Waals surface area contributed by atoms with Crippen molar-refractivity contribution < 1.29 is 4.79 Å². The summed E-state index contributed by atoms with van der Waals surface area (Å²) in [6.07, 6.45) is 2.30. The molecular weight excluding hydrogens is 260 g/mol. The molecule has 4 N–H and O–H groups in total. The number of nitrogens with one attached hydrogen (secondary N) is 4. The summed E-state index contributed by atoms with van der Waals surface area (Å²) in [6.45, 7) is 1.30. The van der Waals surface area contributed by atoms with Crippen LogP contribution in [0.4, 0.5) is 0 Å². The highest BCUT2D eigenvalue weighted by Gasteiger charge is 2.25. The van der Waals surface area contributed by atoms with Crippen molar-refractivity contribution in [3.8, 4) is 0 Å². The number of carbonyl (C=O) groups is 1. The lowest BCUT2D eigenvalue weighted by atomic mass is 10.3. The first-order chi connectivity index (χ1) is 9.74. The summed E-state index contributed by atoms with van der Waals surface area (Å²) in [5.41, 5.74) is 9.11. The van der Waals surface area contributed by atoms with Gasteiger partial charge in [0.05, 0.1) is 12.2 Å². The number of nitrogens with zero attached hydrogens (tertiary/aromatic N) is 2. The van der Waals surface area contributed by atoms with Gasteiger partial charge >= 0.3 is 0 Å². The van der Waals surface area contributed by atoms with Crippen molar-refractivity contribution in [3.63, 3.8) is 0 Å². The molecule has 0 spiro atoms. The number of aromatic nitrogens is 2. The van der Waals surface area contributed by atoms with Gasteiger partial charge in [-0.3, -0.25) is 9.59 Å². The second-order valence-corrected chi connectivity index (χ2v) is 5.09. The molecule has 1 amide bonds. The summed E-state index contributed by atoms with van der Waals surface area (Å²) in [5.74, 6) is 0.408. The van der Waals surface area contributed by atoms with E-state index in [-0.39, 0.29) is 17.5 Å². The fraction of sp³-hybridized carbons (Fsp3) is 0.583. The third-order valence-corrected chi connectivity index (χ3v) is 3.46. The minimum Gasteiger partial charge on any atom is -0.353 e. The Hall–Kier alpha value is -1.77. The number of carbonyl (C=O) groups excluding carboxylic acids is 1. The zero-order chi connectivity index (χ0) is 13.9. The van der Waals surface area contributed by atoms with Gasteiger partial charge in [0.1, 0.15) is 6.04 Å². The van der Waals surface area contributed by atoms with Crippen molar-refractivity contribution in [1.82, 2.24) is 31.5 Å². The molecular formula is C12H18N6O2. The molecule has 8 nitrogen and oxygen atoms in total. The van der Waals surface area contributed by atoms with Crippen LogP contribution in [0.3, 0.4) is 0 Å². The van der Waals surface area contributed by atoms with Crippen molar-refractivity contribution in [1.29, 1.82) is 0 Å². The Morgan fingerprint density at radius 1 is 1.45 bits per heavy atom. The third kappa shape index (κ3) is 3.03. The molecule has 20 heavy (non-hydrogen) atoms. The minimum absolute atomic E-state index is 0.103. The van der Waals surface area contributed by atoms with E-state index < -0.39 is 0 Å². The smallest absolute Gasteiger partial charge is 0.266 e. The average molecular weight is 278 g/mol. The van der Waals surface area contributed by atoms with Gasteiger partial charge in [-0.1, -0.05) is 0 Å². The molecule has 1 aromatic rings. The van der Waals surface area contributed by atoms with Crippen molar-refractivity contribution in [2.24, 2.45) is 0 Å². The van der Waals surface area contributed by atoms with E-state index in [1.807, 2.05) is 0 Å². The summed E-state index contributed by atoms with van der Waals surface area (Å²) in [5, 5.41) is 7.12. The third-order valence-electron chi connectivity index (χ3n) is 3.46. The molecule has 1 aliphatic carbocycles. The Morgan fingerprint density at radius 3 is 3.00 bits per heavy atom. The first kappa shape index (κ1) is 13.2. The summed E-state index contributed by atoms with van der Waals surface area (Å²) in [6, 6.07) is 3.06. The summed E-state index contributed by atoms with van der Waals surface area (Å²) >= 11 is 0. The van der Waals surface area contributed by atoms with E-state index in [9.17, 15) is 9.59 Å². The Balaban J connectivity index is 1.53. The van der Waals surface area contributed by atoms with Gasteiger partial charge in [-0.2, -0.15) is 10.6 Å². The molecule has 1 unspecified atom stereocenters. The fourth-order valence-corrected chi connectivity index (χ4v) is 2.13. The number of rotatable bonds is 5. The van der Waals surface area contributed by atoms with Gasteiger partial charge in [0, 0.05) is 25.1 Å². The van der Waals surface area contributed by atoms with Gasteiger partial charge in [0.15, 0.2) is 0 Å². The molecule has 2 fully saturated rings. The Labute approximate surface area is 115 Å². The van der Waals surface area contributed by atoms with Gasteiger partial charge in [0.2, 0.25) is 5.91 Å². The summed E-state index contributed by atoms with van der Waals surface area (Å²) < 4.78 is 1.42. The second kappa shape index (κ2) is 5.70. The average Bonchev–Trinajstić information content (AvgIpc) is 3.15. The maximum absolute atomic E-state index is 11.7. The van der Waals surface area contributed by atoms with Crippen LogP contribution in [0.2, 0.25) is 0 Å². The summed E-state index contributed by atoms with van der Waals surface area (Å²) in [7, 11) is 0. The van der Waals surface area contributed by atoms with E-state index in [0.717, 1.165) is 18.5 Å². The monoisotopic (exact) mass is 278 g/mol. The lowest BCUT2D eigenvalue weighted by molar-refractivity contribution is -0.122. The lowest BCUT2D eigenvalue weighted by Gasteiger charge is -2.10. The van der Waals surface area contributed by atoms with E-state index in [1.54, 1.807) is 12.1 Å². The van der Waals surface area contributed by atoms with Crippen molar-refractivity contribution >= 4 is 5.91 Å². The van der Waals surface area contributed by atoms with Gasteiger partial charge in [-0.25, -0.2) is 15.5 Å². The van der Waals surface area contributed by atoms with E-state index >= 15 is 0 Å². The van der Waals surface area contributed by atoms with E-state index in [0.29, 0.717) is 25.6 Å². The zero-order valence-corrected chi connectivity index (χ0v) is 11.1. The molecule has 108 valence electrons. The Bertz CT molecular complexity index is 547. The molecule has 1 saturated carbocycles. The largest absolute Gasteiger partial charge is 0.353 e. The quantitative estimate of drug-likeness (QED) is 0.508. The first-order valence-electron chi connectivity index (χ1n) is 6.83. The molecule has 3 rings (SSSR count). The molecule has 1 aromatic heterocycles. The highest BCUT2D eigenvalue weighted by atomic mass is 16.2. The molecule has 0 bridgehead atoms. The molecule has 1 saturated heterocycles. The highest BCUT2D eigenvalue weighted by molar-refractivity contribution is 5.82. The van der Waals surface area contributed by atoms with Gasteiger partial charge < -0.3 is 5.32 Å². The second-order valence-electron chi connectivity index (χ2n) is 5.09. The molecule has 0 aromatic carbocycles. The van der Waals surface area contributed by atoms with Crippen LogP contribution in [-0.2, 0) is 11.3 Å². The number of hydrogen-bond donors (Lipinski definition) is 4. The zero-order valence-electron chi connectivity index (χ0n) is 11.1. The Kier molecular flexibility index (Phi) is 3.77. The van der Waals surface area contributed by atoms with Crippen LogP contribution in [0.5, 0.6) is 0 Å². The fourth-order valence-electron chi connectivity index (χ4n) is 2.13. The van der Waals surface area contributed by atoms with E-state index in [1.165, 1.54) is 4.68 Å². The SMILES string of the molecule is O=C(NCCn1nc(C2CC2)ccc1=O)C1CNNN1. The molecule has 0 radical (unpaired) electrons. The summed E-state index contributed by atoms with van der Waals surface area (Å²) in [4.78, 5) is 23.4. The number of amides is 1. The maximum atomic E-state index is 11.7. The van der Waals surface area contributed by atoms with Gasteiger partial charge in [0.25, 0.3) is 5.56 Å². The van der Waals surface area contributed by atoms with Crippen LogP contribution in [0.15, 0.2) is 16.9 Å². The van der Waals surface area contributed by atoms with Crippen molar-refractivity contribution in [3.05, 3.63) is 28.2 Å². The van der Waals surface area contributed by atoms with Crippen LogP contribution in [0.25, 0.3) is 0 Å². The molecule has 2 aliphatic rings. The van der Waals surface area contributed by atoms with Crippen molar-refractivity contribution in [2.45, 2.75) is 31.3 Å². The number of hydrogen-bond acceptors (Lipinski definition) is 6. The highest BCUT2D eigenvalue weighted by Crippen LogP contribution is 2.38. The predicted molar refractivity (Wildman–Crippen MR) is 71.5 cm³/mol. The molecule has 1 aliphatic heterocycles. The van der Waals surface area contributed by atoms with Crippen molar-refractivity contribution in [2.75, 3.05) is 13.1 Å². The van der Waals surface area contributed by atoms with Crippen LogP contribution in [0, 0.1) is 0 Å². The van der Waals surface area contributed by atoms with Crippen LogP contribution in [0.1, 0.15) is 24.5 Å². The van der Waals surface area contributed by atoms with Crippen LogP contribution >= 0.6 is 0 Å². The topological polar surface area (TPSA) is 100 Å². The lowest BCUT2D eigenvalue weighted by Crippen LogP contribution is -2.45. The van der Waals surface area contributed by atoms with Gasteiger partial charge in [-0.15, -0.1) is 0 Å². The number of hydrazine groups is 2. The van der Waals surface area contributed by atoms with E-state index in [2.05, 4.69) is 26.8 Å². The van der Waals surface area contributed by atoms with Crippen LogP contribution in [-0.4, -0.2) is 34.8 Å². The first-order valence-corrected chi connectivity index (χ1v) is 6.83. The van der Waals surface area contributed by atoms with E-state index in [4.69, 9.17) is 0 Å². The maximum Gasteiger partial charge on any atom is 0.266 e. The molecule has 8 heteroatoms. The minimum atomic E-state index is -0.294.